The van der Waals surface area contributed by atoms with Crippen molar-refractivity contribution < 1.29 is 24.1 Å². The molecule has 2 aromatic rings. The molecule has 0 aliphatic carbocycles. The van der Waals surface area contributed by atoms with Crippen LogP contribution in [0.5, 0.6) is 17.4 Å². The van der Waals surface area contributed by atoms with Crippen LogP contribution in [-0.4, -0.2) is 43.0 Å². The maximum Gasteiger partial charge on any atom is 0.278 e. The van der Waals surface area contributed by atoms with E-state index in [0.717, 1.165) is 0 Å². The fourth-order valence-corrected chi connectivity index (χ4v) is 3.19. The summed E-state index contributed by atoms with van der Waals surface area (Å²) < 4.78 is 16.4. The summed E-state index contributed by atoms with van der Waals surface area (Å²) >= 11 is 3.40. The predicted octanol–water partition coefficient (Wildman–Crippen LogP) is 3.14. The number of hydrogen-bond donors (Lipinski definition) is 2. The Hall–Kier alpha value is -3.42. The quantitative estimate of drug-likeness (QED) is 0.290. The lowest BCUT2D eigenvalue weighted by atomic mass is 10.1. The van der Waals surface area contributed by atoms with Crippen LogP contribution in [0.1, 0.15) is 27.9 Å². The van der Waals surface area contributed by atoms with E-state index in [1.54, 1.807) is 25.1 Å². The van der Waals surface area contributed by atoms with Gasteiger partial charge in [-0.1, -0.05) is 6.08 Å². The van der Waals surface area contributed by atoms with Crippen molar-refractivity contribution in [1.29, 1.82) is 5.26 Å². The van der Waals surface area contributed by atoms with Gasteiger partial charge in [0.2, 0.25) is 5.88 Å². The van der Waals surface area contributed by atoms with E-state index in [1.165, 1.54) is 20.4 Å². The number of aryl methyl sites for hydroxylation is 1. The average molecular weight is 503 g/mol. The van der Waals surface area contributed by atoms with Crippen molar-refractivity contribution >= 4 is 28.1 Å². The van der Waals surface area contributed by atoms with Gasteiger partial charge in [0.05, 0.1) is 25.6 Å². The first kappa shape index (κ1) is 24.8. The minimum Gasteiger partial charge on any atom is -0.504 e. The number of aromatic hydroxyl groups is 1. The van der Waals surface area contributed by atoms with Crippen LogP contribution in [0.4, 0.5) is 0 Å². The highest BCUT2D eigenvalue weighted by Crippen LogP contribution is 2.32. The maximum atomic E-state index is 12.1. The highest BCUT2D eigenvalue weighted by molar-refractivity contribution is 9.10. The van der Waals surface area contributed by atoms with Crippen LogP contribution in [0.2, 0.25) is 0 Å². The number of carbonyl (C=O) groups is 1. The van der Waals surface area contributed by atoms with Crippen LogP contribution in [0.25, 0.3) is 0 Å². The summed E-state index contributed by atoms with van der Waals surface area (Å²) in [5.74, 6) is -0.192. The zero-order valence-corrected chi connectivity index (χ0v) is 19.5. The summed E-state index contributed by atoms with van der Waals surface area (Å²) in [6.07, 6.45) is 3.50. The SMILES string of the molecule is C=CCc1cc(/C=N/NC(=O)COc2nc(C)c(Br)c(COC)c2C#N)cc(OC)c1O. The second kappa shape index (κ2) is 11.8. The molecule has 10 heteroatoms. The molecule has 0 saturated heterocycles. The number of phenols is 1. The van der Waals surface area contributed by atoms with Gasteiger partial charge in [-0.3, -0.25) is 4.79 Å². The van der Waals surface area contributed by atoms with Crippen LogP contribution in [0, 0.1) is 18.3 Å². The summed E-state index contributed by atoms with van der Waals surface area (Å²) in [4.78, 5) is 16.4. The van der Waals surface area contributed by atoms with Crippen LogP contribution in [-0.2, 0) is 22.6 Å². The van der Waals surface area contributed by atoms with Gasteiger partial charge in [0.15, 0.2) is 18.1 Å². The van der Waals surface area contributed by atoms with Crippen molar-refractivity contribution in [3.8, 4) is 23.4 Å². The summed E-state index contributed by atoms with van der Waals surface area (Å²) in [6.45, 7) is 5.19. The fraction of sp³-hybridized carbons (Fsp3) is 0.273. The molecule has 0 spiro atoms. The first-order valence-corrected chi connectivity index (χ1v) is 10.2. The molecule has 0 saturated carbocycles. The third-order valence-electron chi connectivity index (χ3n) is 4.27. The number of nitrogens with one attached hydrogen (secondary N) is 1. The first-order chi connectivity index (χ1) is 15.4. The van der Waals surface area contributed by atoms with Gasteiger partial charge in [0, 0.05) is 22.7 Å². The Morgan fingerprint density at radius 3 is 2.81 bits per heavy atom. The smallest absolute Gasteiger partial charge is 0.278 e. The maximum absolute atomic E-state index is 12.1. The van der Waals surface area contributed by atoms with E-state index in [4.69, 9.17) is 14.2 Å². The number of nitrogens with zero attached hydrogens (tertiary/aromatic N) is 3. The van der Waals surface area contributed by atoms with Crippen LogP contribution < -0.4 is 14.9 Å². The number of amides is 1. The van der Waals surface area contributed by atoms with Crippen molar-refractivity contribution in [1.82, 2.24) is 10.4 Å². The predicted molar refractivity (Wildman–Crippen MR) is 122 cm³/mol. The molecule has 1 aromatic carbocycles. The van der Waals surface area contributed by atoms with Crippen molar-refractivity contribution in [3.63, 3.8) is 0 Å². The number of aromatic nitrogens is 1. The molecular formula is C22H23BrN4O5. The second-order valence-corrected chi connectivity index (χ2v) is 7.31. The number of hydrazone groups is 1. The molecule has 1 aromatic heterocycles. The fourth-order valence-electron chi connectivity index (χ4n) is 2.79. The van der Waals surface area contributed by atoms with Crippen LogP contribution >= 0.6 is 15.9 Å². The molecule has 2 N–H and O–H groups in total. The molecule has 0 unspecified atom stereocenters. The van der Waals surface area contributed by atoms with Crippen molar-refractivity contribution in [3.05, 3.63) is 57.2 Å². The van der Waals surface area contributed by atoms with Crippen molar-refractivity contribution in [2.75, 3.05) is 20.8 Å². The third-order valence-corrected chi connectivity index (χ3v) is 5.32. The van der Waals surface area contributed by atoms with Gasteiger partial charge in [-0.05, 0) is 47.0 Å². The molecule has 2 rings (SSSR count). The summed E-state index contributed by atoms with van der Waals surface area (Å²) in [5.41, 5.74) is 4.94. The lowest BCUT2D eigenvalue weighted by molar-refractivity contribution is -0.123. The molecule has 1 heterocycles. The second-order valence-electron chi connectivity index (χ2n) is 6.52. The van der Waals surface area contributed by atoms with Gasteiger partial charge in [-0.2, -0.15) is 10.4 Å². The zero-order chi connectivity index (χ0) is 23.7. The van der Waals surface area contributed by atoms with Gasteiger partial charge in [0.25, 0.3) is 5.91 Å². The Labute approximate surface area is 194 Å². The van der Waals surface area contributed by atoms with E-state index < -0.39 is 12.5 Å². The minimum atomic E-state index is -0.544. The first-order valence-electron chi connectivity index (χ1n) is 9.39. The molecule has 168 valence electrons. The molecule has 32 heavy (non-hydrogen) atoms. The Bertz CT molecular complexity index is 1080. The van der Waals surface area contributed by atoms with Crippen molar-refractivity contribution in [2.45, 2.75) is 20.0 Å². The number of benzene rings is 1. The van der Waals surface area contributed by atoms with Gasteiger partial charge in [0.1, 0.15) is 11.6 Å². The van der Waals surface area contributed by atoms with Crippen LogP contribution in [0.15, 0.2) is 34.4 Å². The number of halogens is 1. The molecule has 0 atom stereocenters. The number of phenolic OH excluding ortho intramolecular Hbond substituents is 1. The molecule has 0 radical (unpaired) electrons. The van der Waals surface area contributed by atoms with E-state index in [9.17, 15) is 15.2 Å². The molecule has 9 nitrogen and oxygen atoms in total. The van der Waals surface area contributed by atoms with Gasteiger partial charge < -0.3 is 19.3 Å². The summed E-state index contributed by atoms with van der Waals surface area (Å²) in [7, 11) is 2.96. The van der Waals surface area contributed by atoms with E-state index in [-0.39, 0.29) is 29.5 Å². The average Bonchev–Trinajstić information content (AvgIpc) is 2.77. The van der Waals surface area contributed by atoms with Gasteiger partial charge >= 0.3 is 0 Å². The lowest BCUT2D eigenvalue weighted by Crippen LogP contribution is -2.25. The topological polar surface area (TPSA) is 126 Å². The highest BCUT2D eigenvalue weighted by atomic mass is 79.9. The Balaban J connectivity index is 2.09. The van der Waals surface area contributed by atoms with Gasteiger partial charge in [-0.15, -0.1) is 6.58 Å². The third kappa shape index (κ3) is 6.06. The standard InChI is InChI=1S/C22H23BrN4O5/c1-5-6-15-7-14(8-18(31-4)21(15)29)10-25-27-19(28)12-32-22-16(9-24)17(11-30-3)20(23)13(2)26-22/h5,7-8,10,29H,1,6,11-12H2,2-4H3,(H,27,28)/b25-10+. The molecule has 0 bridgehead atoms. The van der Waals surface area contributed by atoms with Gasteiger partial charge in [-0.25, -0.2) is 10.4 Å². The Kier molecular flexibility index (Phi) is 9.19. The van der Waals surface area contributed by atoms with E-state index >= 15 is 0 Å². The number of carbonyl (C=O) groups excluding carboxylic acids is 1. The molecule has 0 aliphatic heterocycles. The summed E-state index contributed by atoms with van der Waals surface area (Å²) in [6, 6.07) is 5.33. The number of allylic oxidation sites excluding steroid dienone is 1. The highest BCUT2D eigenvalue weighted by Gasteiger charge is 2.18. The number of pyridine rings is 1. The van der Waals surface area contributed by atoms with E-state index in [2.05, 4.69) is 38.0 Å². The number of nitriles is 1. The number of hydrogen-bond acceptors (Lipinski definition) is 8. The molecule has 0 fully saturated rings. The molecule has 0 aliphatic rings. The largest absolute Gasteiger partial charge is 0.504 e. The lowest BCUT2D eigenvalue weighted by Gasteiger charge is -2.13. The van der Waals surface area contributed by atoms with E-state index in [0.29, 0.717) is 33.3 Å². The van der Waals surface area contributed by atoms with E-state index in [1.807, 2.05) is 6.07 Å². The zero-order valence-electron chi connectivity index (χ0n) is 17.9. The normalized spacial score (nSPS) is 10.6. The Morgan fingerprint density at radius 1 is 1.44 bits per heavy atom. The molecule has 1 amide bonds. The van der Waals surface area contributed by atoms with Crippen molar-refractivity contribution in [2.24, 2.45) is 5.10 Å². The summed E-state index contributed by atoms with van der Waals surface area (Å²) in [5, 5.41) is 23.5. The monoisotopic (exact) mass is 502 g/mol. The molecular weight excluding hydrogens is 480 g/mol. The number of ether oxygens (including phenoxy) is 3. The number of methoxy groups -OCH3 is 2. The Morgan fingerprint density at radius 2 is 2.19 bits per heavy atom. The van der Waals surface area contributed by atoms with Crippen LogP contribution in [0.3, 0.4) is 0 Å². The minimum absolute atomic E-state index is 0.0282. The number of rotatable bonds is 10.